The molecule has 136 valence electrons. The summed E-state index contributed by atoms with van der Waals surface area (Å²) in [5, 5.41) is 7.76. The van der Waals surface area contributed by atoms with Crippen molar-refractivity contribution in [3.05, 3.63) is 70.4 Å². The van der Waals surface area contributed by atoms with Crippen molar-refractivity contribution >= 4 is 40.6 Å². The highest BCUT2D eigenvalue weighted by molar-refractivity contribution is 6.34. The second-order valence-electron chi connectivity index (χ2n) is 6.23. The van der Waals surface area contributed by atoms with Crippen LogP contribution in [0.2, 0.25) is 5.02 Å². The molecular weight excluding hydrogens is 366 g/mol. The maximum absolute atomic E-state index is 13.3. The number of fused-ring (bicyclic) bond motifs is 2. The molecule has 0 unspecified atom stereocenters. The Morgan fingerprint density at radius 3 is 2.74 bits per heavy atom. The number of amides is 2. The number of rotatable bonds is 2. The summed E-state index contributed by atoms with van der Waals surface area (Å²) in [6.07, 6.45) is 1.73. The maximum Gasteiger partial charge on any atom is 0.258 e. The second kappa shape index (κ2) is 6.44. The van der Waals surface area contributed by atoms with Crippen LogP contribution in [-0.4, -0.2) is 21.6 Å². The van der Waals surface area contributed by atoms with E-state index in [4.69, 9.17) is 17.3 Å². The Balaban J connectivity index is 1.79. The summed E-state index contributed by atoms with van der Waals surface area (Å²) in [4.78, 5) is 26.3. The summed E-state index contributed by atoms with van der Waals surface area (Å²) >= 11 is 6.13. The molecule has 3 N–H and O–H groups in total. The first-order valence-corrected chi connectivity index (χ1v) is 8.61. The first-order valence-electron chi connectivity index (χ1n) is 8.24. The number of primary amides is 1. The SMILES string of the molecule is Cn1ncc2c1Nc1ccccc1N(C(=O)c1ccc(C(N)=O)c(Cl)c1)C2. The van der Waals surface area contributed by atoms with Crippen LogP contribution in [0, 0.1) is 0 Å². The van der Waals surface area contributed by atoms with Gasteiger partial charge in [-0.1, -0.05) is 23.7 Å². The van der Waals surface area contributed by atoms with Gasteiger partial charge in [-0.15, -0.1) is 0 Å². The van der Waals surface area contributed by atoms with Crippen LogP contribution in [-0.2, 0) is 13.6 Å². The Hall–Kier alpha value is -3.32. The third-order valence-electron chi connectivity index (χ3n) is 4.52. The van der Waals surface area contributed by atoms with Gasteiger partial charge in [0.1, 0.15) is 5.82 Å². The Morgan fingerprint density at radius 1 is 1.22 bits per heavy atom. The van der Waals surface area contributed by atoms with Crippen molar-refractivity contribution in [1.29, 1.82) is 0 Å². The minimum Gasteiger partial charge on any atom is -0.366 e. The summed E-state index contributed by atoms with van der Waals surface area (Å²) in [6, 6.07) is 12.0. The zero-order chi connectivity index (χ0) is 19.1. The molecule has 27 heavy (non-hydrogen) atoms. The average molecular weight is 382 g/mol. The number of carbonyl (C=O) groups excluding carboxylic acids is 2. The van der Waals surface area contributed by atoms with Crippen LogP contribution in [0.4, 0.5) is 17.2 Å². The number of benzene rings is 2. The van der Waals surface area contributed by atoms with Crippen LogP contribution in [0.3, 0.4) is 0 Å². The fourth-order valence-corrected chi connectivity index (χ4v) is 3.42. The minimum absolute atomic E-state index is 0.150. The molecule has 0 aliphatic carbocycles. The van der Waals surface area contributed by atoms with E-state index >= 15 is 0 Å². The number of aromatic nitrogens is 2. The van der Waals surface area contributed by atoms with Crippen molar-refractivity contribution in [2.45, 2.75) is 6.54 Å². The van der Waals surface area contributed by atoms with Gasteiger partial charge in [0.05, 0.1) is 34.7 Å². The van der Waals surface area contributed by atoms with Crippen LogP contribution in [0.25, 0.3) is 0 Å². The van der Waals surface area contributed by atoms with Gasteiger partial charge in [0.2, 0.25) is 5.91 Å². The van der Waals surface area contributed by atoms with Crippen LogP contribution in [0.1, 0.15) is 26.3 Å². The quantitative estimate of drug-likeness (QED) is 0.713. The summed E-state index contributed by atoms with van der Waals surface area (Å²) in [7, 11) is 1.84. The van der Waals surface area contributed by atoms with E-state index < -0.39 is 5.91 Å². The number of nitrogens with two attached hydrogens (primary N) is 1. The van der Waals surface area contributed by atoms with Gasteiger partial charge in [-0.3, -0.25) is 14.3 Å². The third kappa shape index (κ3) is 2.92. The molecule has 0 fully saturated rings. The Bertz CT molecular complexity index is 1080. The number of hydrogen-bond donors (Lipinski definition) is 2. The highest BCUT2D eigenvalue weighted by atomic mass is 35.5. The molecule has 4 rings (SSSR count). The molecule has 1 aliphatic rings. The van der Waals surface area contributed by atoms with E-state index in [1.807, 2.05) is 31.3 Å². The smallest absolute Gasteiger partial charge is 0.258 e. The number of carbonyl (C=O) groups is 2. The van der Waals surface area contributed by atoms with Crippen LogP contribution >= 0.6 is 11.6 Å². The predicted molar refractivity (Wildman–Crippen MR) is 103 cm³/mol. The number of anilines is 3. The Morgan fingerprint density at radius 2 is 2.00 bits per heavy atom. The molecule has 3 aromatic rings. The molecule has 1 aromatic heterocycles. The topological polar surface area (TPSA) is 93.2 Å². The average Bonchev–Trinajstić information content (AvgIpc) is 2.90. The van der Waals surface area contributed by atoms with Gasteiger partial charge < -0.3 is 16.0 Å². The van der Waals surface area contributed by atoms with Gasteiger partial charge >= 0.3 is 0 Å². The zero-order valence-corrected chi connectivity index (χ0v) is 15.2. The fourth-order valence-electron chi connectivity index (χ4n) is 3.14. The molecule has 1 aliphatic heterocycles. The third-order valence-corrected chi connectivity index (χ3v) is 4.83. The Labute approximate surface area is 160 Å². The van der Waals surface area contributed by atoms with Gasteiger partial charge in [-0.2, -0.15) is 5.10 Å². The molecule has 7 nitrogen and oxygen atoms in total. The molecule has 2 heterocycles. The molecule has 0 saturated heterocycles. The van der Waals surface area contributed by atoms with E-state index in [-0.39, 0.29) is 16.5 Å². The number of halogens is 1. The van der Waals surface area contributed by atoms with E-state index in [0.717, 1.165) is 22.8 Å². The van der Waals surface area contributed by atoms with Gasteiger partial charge in [-0.05, 0) is 30.3 Å². The molecule has 0 saturated carbocycles. The summed E-state index contributed by atoms with van der Waals surface area (Å²) in [5.74, 6) is -0.0398. The normalized spacial score (nSPS) is 12.6. The molecule has 8 heteroatoms. The monoisotopic (exact) mass is 381 g/mol. The summed E-state index contributed by atoms with van der Waals surface area (Å²) in [5.41, 5.74) is 8.27. The van der Waals surface area contributed by atoms with Crippen molar-refractivity contribution in [3.63, 3.8) is 0 Å². The van der Waals surface area contributed by atoms with Crippen molar-refractivity contribution in [1.82, 2.24) is 9.78 Å². The van der Waals surface area contributed by atoms with E-state index in [0.29, 0.717) is 12.1 Å². The highest BCUT2D eigenvalue weighted by Gasteiger charge is 2.27. The van der Waals surface area contributed by atoms with Crippen molar-refractivity contribution in [3.8, 4) is 0 Å². The van der Waals surface area contributed by atoms with Gasteiger partial charge in [-0.25, -0.2) is 0 Å². The maximum atomic E-state index is 13.3. The number of para-hydroxylation sites is 2. The molecule has 2 amide bonds. The largest absolute Gasteiger partial charge is 0.366 e. The zero-order valence-electron chi connectivity index (χ0n) is 14.4. The van der Waals surface area contributed by atoms with Crippen molar-refractivity contribution in [2.75, 3.05) is 10.2 Å². The lowest BCUT2D eigenvalue weighted by atomic mass is 10.1. The van der Waals surface area contributed by atoms with Gasteiger partial charge in [0.15, 0.2) is 0 Å². The fraction of sp³-hybridized carbons (Fsp3) is 0.105. The Kier molecular flexibility index (Phi) is 4.08. The number of nitrogens with zero attached hydrogens (tertiary/aromatic N) is 3. The van der Waals surface area contributed by atoms with E-state index in [1.165, 1.54) is 12.1 Å². The number of aryl methyl sites for hydroxylation is 1. The number of nitrogens with one attached hydrogen (secondary N) is 1. The molecular formula is C19H16ClN5O2. The van der Waals surface area contributed by atoms with Gasteiger partial charge in [0, 0.05) is 18.2 Å². The molecule has 0 atom stereocenters. The van der Waals surface area contributed by atoms with Gasteiger partial charge in [0.25, 0.3) is 5.91 Å². The van der Waals surface area contributed by atoms with Crippen LogP contribution in [0.15, 0.2) is 48.7 Å². The molecule has 0 spiro atoms. The number of hydrogen-bond acceptors (Lipinski definition) is 4. The predicted octanol–water partition coefficient (Wildman–Crippen LogP) is 3.08. The molecule has 0 radical (unpaired) electrons. The summed E-state index contributed by atoms with van der Waals surface area (Å²) in [6.45, 7) is 0.348. The van der Waals surface area contributed by atoms with E-state index in [9.17, 15) is 9.59 Å². The standard InChI is InChI=1S/C19H16ClN5O2/c1-24-18-12(9-22-24)10-25(16-5-3-2-4-15(16)23-18)19(27)11-6-7-13(17(21)26)14(20)8-11/h2-9,23H,10H2,1H3,(H2,21,26). The highest BCUT2D eigenvalue weighted by Crippen LogP contribution is 2.36. The lowest BCUT2D eigenvalue weighted by Crippen LogP contribution is -2.30. The lowest BCUT2D eigenvalue weighted by Gasteiger charge is -2.22. The van der Waals surface area contributed by atoms with Crippen molar-refractivity contribution < 1.29 is 9.59 Å². The van der Waals surface area contributed by atoms with Crippen LogP contribution in [0.5, 0.6) is 0 Å². The van der Waals surface area contributed by atoms with E-state index in [1.54, 1.807) is 21.8 Å². The minimum atomic E-state index is -0.636. The second-order valence-corrected chi connectivity index (χ2v) is 6.64. The molecule has 2 aromatic carbocycles. The van der Waals surface area contributed by atoms with E-state index in [2.05, 4.69) is 10.4 Å². The first kappa shape index (κ1) is 17.1. The first-order chi connectivity index (χ1) is 13.0. The van der Waals surface area contributed by atoms with Crippen molar-refractivity contribution in [2.24, 2.45) is 12.8 Å². The van der Waals surface area contributed by atoms with Crippen LogP contribution < -0.4 is 16.0 Å². The summed E-state index contributed by atoms with van der Waals surface area (Å²) < 4.78 is 1.73. The lowest BCUT2D eigenvalue weighted by molar-refractivity contribution is 0.0979. The molecule has 0 bridgehead atoms.